The molecule has 1 fully saturated rings. The van der Waals surface area contributed by atoms with Crippen LogP contribution in [0.4, 0.5) is 5.69 Å². The van der Waals surface area contributed by atoms with Gasteiger partial charge in [0.25, 0.3) is 5.91 Å². The minimum Gasteiger partial charge on any atom is -0.369 e. The topological polar surface area (TPSA) is 69.7 Å². The molecule has 0 bridgehead atoms. The largest absolute Gasteiger partial charge is 0.369 e. The molecule has 6 nitrogen and oxygen atoms in total. The summed E-state index contributed by atoms with van der Waals surface area (Å²) in [5.74, 6) is -0.328. The summed E-state index contributed by atoms with van der Waals surface area (Å²) in [5.41, 5.74) is 1.02. The Morgan fingerprint density at radius 3 is 2.44 bits per heavy atom. The van der Waals surface area contributed by atoms with Gasteiger partial charge >= 0.3 is 0 Å². The molecule has 1 amide bonds. The lowest BCUT2D eigenvalue weighted by molar-refractivity contribution is 0.0954. The number of sulfonamides is 1. The number of carbonyl (C=O) groups excluding carboxylic acids is 1. The Morgan fingerprint density at radius 1 is 1.15 bits per heavy atom. The maximum Gasteiger partial charge on any atom is 0.262 e. The van der Waals surface area contributed by atoms with E-state index in [4.69, 9.17) is 11.6 Å². The molecule has 146 valence electrons. The monoisotopic (exact) mass is 427 g/mol. The number of piperazine rings is 1. The number of halogens is 1. The summed E-state index contributed by atoms with van der Waals surface area (Å²) in [6, 6.07) is 9.04. The molecule has 27 heavy (non-hydrogen) atoms. The Labute approximate surface area is 168 Å². The summed E-state index contributed by atoms with van der Waals surface area (Å²) >= 11 is 7.08. The number of nitrogens with zero attached hydrogens (tertiary/aromatic N) is 2. The third-order valence-electron chi connectivity index (χ3n) is 4.42. The number of rotatable bonds is 6. The molecule has 2 heterocycles. The molecule has 0 radical (unpaired) electrons. The fraction of sp³-hybridized carbons (Fsp3) is 0.389. The van der Waals surface area contributed by atoms with Gasteiger partial charge in [0.1, 0.15) is 9.77 Å². The maximum absolute atomic E-state index is 13.1. The highest BCUT2D eigenvalue weighted by atomic mass is 35.5. The Hall–Kier alpha value is -1.61. The van der Waals surface area contributed by atoms with Crippen LogP contribution in [-0.4, -0.2) is 51.4 Å². The van der Waals surface area contributed by atoms with E-state index in [1.54, 1.807) is 5.38 Å². The molecule has 0 atom stereocenters. The quantitative estimate of drug-likeness (QED) is 0.769. The Bertz CT molecular complexity index is 889. The van der Waals surface area contributed by atoms with E-state index >= 15 is 0 Å². The summed E-state index contributed by atoms with van der Waals surface area (Å²) < 4.78 is 27.6. The number of benzene rings is 1. The van der Waals surface area contributed by atoms with Crippen LogP contribution in [0.2, 0.25) is 5.02 Å². The van der Waals surface area contributed by atoms with Crippen LogP contribution in [0.1, 0.15) is 23.0 Å². The predicted molar refractivity (Wildman–Crippen MR) is 109 cm³/mol. The minimum absolute atomic E-state index is 0.0982. The van der Waals surface area contributed by atoms with Crippen LogP contribution in [0.3, 0.4) is 0 Å². The van der Waals surface area contributed by atoms with E-state index in [1.165, 1.54) is 10.4 Å². The van der Waals surface area contributed by atoms with Gasteiger partial charge in [0.2, 0.25) is 10.0 Å². The lowest BCUT2D eigenvalue weighted by Gasteiger charge is -2.35. The van der Waals surface area contributed by atoms with Crippen molar-refractivity contribution in [3.63, 3.8) is 0 Å². The first kappa shape index (κ1) is 20.1. The lowest BCUT2D eigenvalue weighted by atomic mass is 10.2. The average Bonchev–Trinajstić information content (AvgIpc) is 3.18. The van der Waals surface area contributed by atoms with Gasteiger partial charge in [-0.05, 0) is 42.1 Å². The standard InChI is InChI=1S/C18H22ClN3O3S2/c1-2-8-20-18(23)17-16(7-13-26-17)27(24,25)22-11-9-21(10-12-22)15-5-3-14(19)4-6-15/h3-7,13H,2,8-12H2,1H3,(H,20,23). The van der Waals surface area contributed by atoms with Gasteiger partial charge in [0, 0.05) is 43.4 Å². The molecule has 0 saturated carbocycles. The van der Waals surface area contributed by atoms with Crippen LogP contribution in [0.25, 0.3) is 0 Å². The Balaban J connectivity index is 1.71. The summed E-state index contributed by atoms with van der Waals surface area (Å²) in [6.07, 6.45) is 0.797. The summed E-state index contributed by atoms with van der Waals surface area (Å²) in [6.45, 7) is 4.39. The highest BCUT2D eigenvalue weighted by molar-refractivity contribution is 7.89. The third-order valence-corrected chi connectivity index (χ3v) is 7.65. The third kappa shape index (κ3) is 4.45. The SMILES string of the molecule is CCCNC(=O)c1sccc1S(=O)(=O)N1CCN(c2ccc(Cl)cc2)CC1. The van der Waals surface area contributed by atoms with E-state index in [1.807, 2.05) is 31.2 Å². The van der Waals surface area contributed by atoms with Gasteiger partial charge in [-0.2, -0.15) is 4.31 Å². The minimum atomic E-state index is -3.70. The first-order valence-electron chi connectivity index (χ1n) is 8.80. The molecule has 3 rings (SSSR count). The number of thiophene rings is 1. The molecule has 1 N–H and O–H groups in total. The first-order chi connectivity index (χ1) is 12.9. The van der Waals surface area contributed by atoms with Crippen LogP contribution in [0.15, 0.2) is 40.6 Å². The number of nitrogens with one attached hydrogen (secondary N) is 1. The lowest BCUT2D eigenvalue weighted by Crippen LogP contribution is -2.48. The van der Waals surface area contributed by atoms with Crippen LogP contribution in [-0.2, 0) is 10.0 Å². The molecule has 1 saturated heterocycles. The van der Waals surface area contributed by atoms with Gasteiger partial charge in [-0.1, -0.05) is 18.5 Å². The summed E-state index contributed by atoms with van der Waals surface area (Å²) in [4.78, 5) is 14.8. The van der Waals surface area contributed by atoms with Gasteiger partial charge < -0.3 is 10.2 Å². The Morgan fingerprint density at radius 2 is 1.81 bits per heavy atom. The van der Waals surface area contributed by atoms with E-state index in [0.717, 1.165) is 23.4 Å². The molecule has 1 aromatic heterocycles. The molecule has 0 spiro atoms. The molecule has 0 unspecified atom stereocenters. The second-order valence-corrected chi connectivity index (χ2v) is 9.50. The average molecular weight is 428 g/mol. The van der Waals surface area contributed by atoms with Crippen molar-refractivity contribution in [2.45, 2.75) is 18.2 Å². The first-order valence-corrected chi connectivity index (χ1v) is 11.5. The van der Waals surface area contributed by atoms with Gasteiger partial charge in [0.15, 0.2) is 0 Å². The molecule has 1 aliphatic heterocycles. The fourth-order valence-corrected chi connectivity index (χ4v) is 5.83. The van der Waals surface area contributed by atoms with Crippen LogP contribution in [0, 0.1) is 0 Å². The van der Waals surface area contributed by atoms with E-state index in [-0.39, 0.29) is 15.7 Å². The van der Waals surface area contributed by atoms with Crippen molar-refractivity contribution in [2.75, 3.05) is 37.6 Å². The van der Waals surface area contributed by atoms with Crippen molar-refractivity contribution in [3.05, 3.63) is 45.6 Å². The van der Waals surface area contributed by atoms with Crippen molar-refractivity contribution in [1.82, 2.24) is 9.62 Å². The second kappa shape index (κ2) is 8.60. The van der Waals surface area contributed by atoms with Crippen molar-refractivity contribution >= 4 is 44.6 Å². The molecule has 1 aliphatic rings. The normalized spacial score (nSPS) is 15.7. The Kier molecular flexibility index (Phi) is 6.41. The zero-order valence-corrected chi connectivity index (χ0v) is 17.4. The molecule has 9 heteroatoms. The molecule has 1 aromatic carbocycles. The van der Waals surface area contributed by atoms with Gasteiger partial charge in [0.05, 0.1) is 0 Å². The number of amides is 1. The molecule has 2 aromatic rings. The maximum atomic E-state index is 13.1. The number of carbonyl (C=O) groups is 1. The van der Waals surface area contributed by atoms with Gasteiger partial charge in [-0.3, -0.25) is 4.79 Å². The van der Waals surface area contributed by atoms with Crippen LogP contribution >= 0.6 is 22.9 Å². The van der Waals surface area contributed by atoms with Crippen LogP contribution < -0.4 is 10.2 Å². The van der Waals surface area contributed by atoms with E-state index in [0.29, 0.717) is 37.7 Å². The van der Waals surface area contributed by atoms with E-state index in [2.05, 4.69) is 10.2 Å². The molecular formula is C18H22ClN3O3S2. The van der Waals surface area contributed by atoms with Gasteiger partial charge in [-0.25, -0.2) is 8.42 Å². The highest BCUT2D eigenvalue weighted by Crippen LogP contribution is 2.27. The van der Waals surface area contributed by atoms with E-state index in [9.17, 15) is 13.2 Å². The predicted octanol–water partition coefficient (Wildman–Crippen LogP) is 3.05. The number of hydrogen-bond acceptors (Lipinski definition) is 5. The van der Waals surface area contributed by atoms with Crippen molar-refractivity contribution in [1.29, 1.82) is 0 Å². The van der Waals surface area contributed by atoms with Gasteiger partial charge in [-0.15, -0.1) is 11.3 Å². The van der Waals surface area contributed by atoms with Crippen molar-refractivity contribution in [2.24, 2.45) is 0 Å². The molecule has 0 aliphatic carbocycles. The smallest absolute Gasteiger partial charge is 0.262 e. The highest BCUT2D eigenvalue weighted by Gasteiger charge is 2.32. The van der Waals surface area contributed by atoms with Crippen LogP contribution in [0.5, 0.6) is 0 Å². The van der Waals surface area contributed by atoms with E-state index < -0.39 is 10.0 Å². The zero-order valence-electron chi connectivity index (χ0n) is 15.0. The molecular weight excluding hydrogens is 406 g/mol. The zero-order chi connectivity index (χ0) is 19.4. The van der Waals surface area contributed by atoms with Crippen molar-refractivity contribution < 1.29 is 13.2 Å². The number of anilines is 1. The second-order valence-electron chi connectivity index (χ2n) is 6.24. The summed E-state index contributed by atoms with van der Waals surface area (Å²) in [7, 11) is -3.70. The summed E-state index contributed by atoms with van der Waals surface area (Å²) in [5, 5.41) is 5.08. The fourth-order valence-electron chi connectivity index (χ4n) is 2.96. The van der Waals surface area contributed by atoms with Crippen molar-refractivity contribution in [3.8, 4) is 0 Å². The number of hydrogen-bond donors (Lipinski definition) is 1.